The highest BCUT2D eigenvalue weighted by molar-refractivity contribution is 7.09. The minimum Gasteiger partial charge on any atom is -0.396 e. The molecule has 1 aromatic rings. The Balaban J connectivity index is 2.01. The van der Waals surface area contributed by atoms with Gasteiger partial charge >= 0.3 is 0 Å². The van der Waals surface area contributed by atoms with Crippen molar-refractivity contribution in [1.29, 1.82) is 0 Å². The van der Waals surface area contributed by atoms with Crippen LogP contribution in [0.2, 0.25) is 0 Å². The Kier molecular flexibility index (Phi) is 4.64. The van der Waals surface area contributed by atoms with Gasteiger partial charge < -0.3 is 5.11 Å². The van der Waals surface area contributed by atoms with Crippen molar-refractivity contribution in [2.24, 2.45) is 5.92 Å². The van der Waals surface area contributed by atoms with Gasteiger partial charge in [0.2, 0.25) is 0 Å². The van der Waals surface area contributed by atoms with Gasteiger partial charge in [0.1, 0.15) is 0 Å². The summed E-state index contributed by atoms with van der Waals surface area (Å²) >= 11 is 1.77. The lowest BCUT2D eigenvalue weighted by molar-refractivity contribution is 0.0763. The van der Waals surface area contributed by atoms with Crippen molar-refractivity contribution in [2.75, 3.05) is 13.2 Å². The molecule has 0 saturated carbocycles. The van der Waals surface area contributed by atoms with Crippen LogP contribution in [0.5, 0.6) is 0 Å². The van der Waals surface area contributed by atoms with Gasteiger partial charge in [0, 0.05) is 36.5 Å². The van der Waals surface area contributed by atoms with Crippen molar-refractivity contribution in [1.82, 2.24) is 9.88 Å². The summed E-state index contributed by atoms with van der Waals surface area (Å²) in [5, 5.41) is 12.7. The fraction of sp³-hybridized carbons (Fsp3) is 0.800. The van der Waals surface area contributed by atoms with Crippen molar-refractivity contribution < 1.29 is 5.11 Å². The maximum atomic E-state index is 9.33. The summed E-state index contributed by atoms with van der Waals surface area (Å²) in [6.45, 7) is 11.1. The summed E-state index contributed by atoms with van der Waals surface area (Å²) in [5.74, 6) is 0.442. The Morgan fingerprint density at radius 2 is 2.16 bits per heavy atom. The number of rotatable bonds is 3. The molecule has 2 rings (SSSR count). The SMILES string of the molecule is CC1CCC(CO)CN1Cc1csc(C(C)(C)C)n1. The van der Waals surface area contributed by atoms with Gasteiger partial charge in [-0.15, -0.1) is 11.3 Å². The number of nitrogens with zero attached hydrogens (tertiary/aromatic N) is 2. The van der Waals surface area contributed by atoms with Crippen molar-refractivity contribution >= 4 is 11.3 Å². The van der Waals surface area contributed by atoms with E-state index in [0.29, 0.717) is 18.6 Å². The van der Waals surface area contributed by atoms with Gasteiger partial charge in [-0.2, -0.15) is 0 Å². The zero-order valence-corrected chi connectivity index (χ0v) is 13.3. The highest BCUT2D eigenvalue weighted by Gasteiger charge is 2.26. The van der Waals surface area contributed by atoms with E-state index in [9.17, 15) is 5.11 Å². The van der Waals surface area contributed by atoms with Crippen LogP contribution in [-0.2, 0) is 12.0 Å². The van der Waals surface area contributed by atoms with Gasteiger partial charge in [-0.1, -0.05) is 20.8 Å². The van der Waals surface area contributed by atoms with Crippen LogP contribution in [0.3, 0.4) is 0 Å². The third-order valence-electron chi connectivity index (χ3n) is 3.93. The van der Waals surface area contributed by atoms with Gasteiger partial charge in [-0.25, -0.2) is 4.98 Å². The number of aromatic nitrogens is 1. The second kappa shape index (κ2) is 5.90. The van der Waals surface area contributed by atoms with Gasteiger partial charge in [0.15, 0.2) is 0 Å². The number of likely N-dealkylation sites (tertiary alicyclic amines) is 1. The highest BCUT2D eigenvalue weighted by Crippen LogP contribution is 2.28. The van der Waals surface area contributed by atoms with E-state index in [2.05, 4.69) is 38.0 Å². The second-order valence-corrected chi connectivity index (χ2v) is 7.66. The smallest absolute Gasteiger partial charge is 0.0982 e. The van der Waals surface area contributed by atoms with Crippen LogP contribution in [0.4, 0.5) is 0 Å². The first-order valence-corrected chi connectivity index (χ1v) is 8.08. The van der Waals surface area contributed by atoms with Crippen LogP contribution in [-0.4, -0.2) is 34.2 Å². The average Bonchev–Trinajstić information content (AvgIpc) is 2.80. The van der Waals surface area contributed by atoms with E-state index in [1.165, 1.54) is 17.1 Å². The lowest BCUT2D eigenvalue weighted by Gasteiger charge is -2.37. The molecule has 1 N–H and O–H groups in total. The van der Waals surface area contributed by atoms with Crippen LogP contribution in [0, 0.1) is 5.92 Å². The highest BCUT2D eigenvalue weighted by atomic mass is 32.1. The first kappa shape index (κ1) is 14.9. The van der Waals surface area contributed by atoms with E-state index >= 15 is 0 Å². The molecule has 1 aromatic heterocycles. The van der Waals surface area contributed by atoms with E-state index in [1.54, 1.807) is 11.3 Å². The molecule has 2 atom stereocenters. The van der Waals surface area contributed by atoms with E-state index in [0.717, 1.165) is 19.5 Å². The summed E-state index contributed by atoms with van der Waals surface area (Å²) in [6, 6.07) is 0.600. The van der Waals surface area contributed by atoms with Crippen molar-refractivity contribution in [2.45, 2.75) is 58.5 Å². The molecule has 0 spiro atoms. The Labute approximate surface area is 120 Å². The molecule has 19 heavy (non-hydrogen) atoms. The van der Waals surface area contributed by atoms with E-state index in [1.807, 2.05) is 0 Å². The summed E-state index contributed by atoms with van der Waals surface area (Å²) in [6.07, 6.45) is 2.33. The molecule has 1 aliphatic rings. The molecule has 1 aliphatic heterocycles. The number of thiazole rings is 1. The van der Waals surface area contributed by atoms with E-state index < -0.39 is 0 Å². The van der Waals surface area contributed by atoms with Gasteiger partial charge in [-0.05, 0) is 25.7 Å². The summed E-state index contributed by atoms with van der Waals surface area (Å²) in [5.41, 5.74) is 1.32. The molecule has 1 saturated heterocycles. The monoisotopic (exact) mass is 282 g/mol. The van der Waals surface area contributed by atoms with Crippen molar-refractivity contribution in [3.63, 3.8) is 0 Å². The first-order valence-electron chi connectivity index (χ1n) is 7.20. The molecule has 0 bridgehead atoms. The Bertz CT molecular complexity index is 411. The third kappa shape index (κ3) is 3.77. The van der Waals surface area contributed by atoms with Gasteiger partial charge in [0.05, 0.1) is 10.7 Å². The molecule has 2 unspecified atom stereocenters. The number of aliphatic hydroxyl groups is 1. The predicted molar refractivity (Wildman–Crippen MR) is 80.5 cm³/mol. The number of hydrogen-bond donors (Lipinski definition) is 1. The normalized spacial score (nSPS) is 25.7. The first-order chi connectivity index (χ1) is 8.90. The molecule has 0 aromatic carbocycles. The Morgan fingerprint density at radius 1 is 1.42 bits per heavy atom. The molecule has 3 nitrogen and oxygen atoms in total. The summed E-state index contributed by atoms with van der Waals surface area (Å²) < 4.78 is 0. The van der Waals surface area contributed by atoms with Crippen LogP contribution < -0.4 is 0 Å². The lowest BCUT2D eigenvalue weighted by Crippen LogP contribution is -2.42. The fourth-order valence-electron chi connectivity index (χ4n) is 2.56. The maximum absolute atomic E-state index is 9.33. The van der Waals surface area contributed by atoms with Crippen LogP contribution in [0.15, 0.2) is 5.38 Å². The molecule has 108 valence electrons. The topological polar surface area (TPSA) is 36.4 Å². The number of aliphatic hydroxyl groups excluding tert-OH is 1. The number of hydrogen-bond acceptors (Lipinski definition) is 4. The largest absolute Gasteiger partial charge is 0.396 e. The quantitative estimate of drug-likeness (QED) is 0.926. The van der Waals surface area contributed by atoms with Gasteiger partial charge in [-0.3, -0.25) is 4.90 Å². The van der Waals surface area contributed by atoms with Gasteiger partial charge in [0.25, 0.3) is 0 Å². The van der Waals surface area contributed by atoms with Crippen molar-refractivity contribution in [3.8, 4) is 0 Å². The minimum atomic E-state index is 0.143. The lowest BCUT2D eigenvalue weighted by atomic mass is 9.94. The molecular formula is C15H26N2OS. The van der Waals surface area contributed by atoms with Crippen molar-refractivity contribution in [3.05, 3.63) is 16.1 Å². The third-order valence-corrected chi connectivity index (χ3v) is 5.24. The molecular weight excluding hydrogens is 256 g/mol. The molecule has 4 heteroatoms. The Hall–Kier alpha value is -0.450. The summed E-state index contributed by atoms with van der Waals surface area (Å²) in [4.78, 5) is 7.24. The average molecular weight is 282 g/mol. The molecule has 0 radical (unpaired) electrons. The molecule has 0 aliphatic carbocycles. The van der Waals surface area contributed by atoms with E-state index in [4.69, 9.17) is 4.98 Å². The maximum Gasteiger partial charge on any atom is 0.0982 e. The predicted octanol–water partition coefficient (Wildman–Crippen LogP) is 3.03. The summed E-state index contributed by atoms with van der Waals surface area (Å²) in [7, 11) is 0. The van der Waals surface area contributed by atoms with E-state index in [-0.39, 0.29) is 5.41 Å². The van der Waals surface area contributed by atoms with Crippen LogP contribution in [0.1, 0.15) is 51.2 Å². The zero-order chi connectivity index (χ0) is 14.0. The molecule has 1 fully saturated rings. The number of piperidine rings is 1. The standard InChI is InChI=1S/C15H26N2OS/c1-11-5-6-12(9-18)7-17(11)8-13-10-19-14(16-13)15(2,3)4/h10-12,18H,5-9H2,1-4H3. The van der Waals surface area contributed by atoms with Crippen LogP contribution >= 0.6 is 11.3 Å². The molecule has 2 heterocycles. The Morgan fingerprint density at radius 3 is 2.74 bits per heavy atom. The minimum absolute atomic E-state index is 0.143. The fourth-order valence-corrected chi connectivity index (χ4v) is 3.46. The molecule has 0 amide bonds. The second-order valence-electron chi connectivity index (χ2n) is 6.80. The van der Waals surface area contributed by atoms with Crippen LogP contribution in [0.25, 0.3) is 0 Å². The zero-order valence-electron chi connectivity index (χ0n) is 12.5.